The molecule has 2 aromatic rings. The summed E-state index contributed by atoms with van der Waals surface area (Å²) in [4.78, 5) is 24.1. The van der Waals surface area contributed by atoms with Crippen LogP contribution < -0.4 is 15.4 Å². The summed E-state index contributed by atoms with van der Waals surface area (Å²) in [5, 5.41) is 9.28. The Morgan fingerprint density at radius 1 is 1.48 bits per heavy atom. The summed E-state index contributed by atoms with van der Waals surface area (Å²) < 4.78 is 9.18. The third kappa shape index (κ3) is 2.57. The Bertz CT molecular complexity index is 728. The lowest BCUT2D eigenvalue weighted by molar-refractivity contribution is -0.122. The number of carbonyl (C=O) groups is 2. The zero-order valence-electron chi connectivity index (χ0n) is 11.3. The van der Waals surface area contributed by atoms with Gasteiger partial charge in [-0.3, -0.25) is 9.59 Å². The molecule has 0 spiro atoms. The van der Waals surface area contributed by atoms with Gasteiger partial charge in [-0.25, -0.2) is 0 Å². The largest absolute Gasteiger partial charge is 0.479 e. The first-order valence-corrected chi connectivity index (χ1v) is 7.04. The van der Waals surface area contributed by atoms with Crippen molar-refractivity contribution in [3.05, 3.63) is 28.8 Å². The quantitative estimate of drug-likeness (QED) is 0.882. The van der Waals surface area contributed by atoms with Gasteiger partial charge in [0.1, 0.15) is 10.6 Å². The molecule has 0 bridgehead atoms. The molecule has 7 nitrogen and oxygen atoms in total. The molecule has 3 rings (SSSR count). The van der Waals surface area contributed by atoms with Crippen LogP contribution in [0.15, 0.2) is 18.2 Å². The lowest BCUT2D eigenvalue weighted by Crippen LogP contribution is -2.34. The average molecular weight is 304 g/mol. The average Bonchev–Trinajstić information content (AvgIpc) is 2.87. The summed E-state index contributed by atoms with van der Waals surface area (Å²) in [7, 11) is 0. The van der Waals surface area contributed by atoms with Crippen LogP contribution in [0.3, 0.4) is 0 Å². The van der Waals surface area contributed by atoms with E-state index in [-0.39, 0.29) is 11.8 Å². The number of nitrogens with one attached hydrogen (secondary N) is 2. The standard InChI is InChI=1S/C13H12N4O3S/c1-6-11(21-17-16-6)13(19)14-8-3-4-10-9(5-8)15-12(18)7(2)20-10/h3-5,7H,1-2H3,(H,14,19)(H,15,18)/t7-/m0/s1. The summed E-state index contributed by atoms with van der Waals surface area (Å²) in [6.07, 6.45) is -0.524. The van der Waals surface area contributed by atoms with Crippen molar-refractivity contribution in [3.8, 4) is 5.75 Å². The SMILES string of the molecule is Cc1nnsc1C(=O)Nc1ccc2c(c1)NC(=O)[C@H](C)O2. The predicted octanol–water partition coefficient (Wildman–Crippen LogP) is 1.82. The lowest BCUT2D eigenvalue weighted by Gasteiger charge is -2.23. The maximum absolute atomic E-state index is 12.1. The highest BCUT2D eigenvalue weighted by Crippen LogP contribution is 2.32. The third-order valence-electron chi connectivity index (χ3n) is 3.03. The predicted molar refractivity (Wildman–Crippen MR) is 77.8 cm³/mol. The van der Waals surface area contributed by atoms with Crippen LogP contribution in [0.5, 0.6) is 5.75 Å². The second-order valence-corrected chi connectivity index (χ2v) is 5.36. The molecular formula is C13H12N4O3S. The smallest absolute Gasteiger partial charge is 0.269 e. The van der Waals surface area contributed by atoms with Crippen LogP contribution in [0, 0.1) is 6.92 Å². The second kappa shape index (κ2) is 5.13. The molecular weight excluding hydrogens is 292 g/mol. The fourth-order valence-corrected chi connectivity index (χ4v) is 2.47. The van der Waals surface area contributed by atoms with Crippen molar-refractivity contribution in [2.24, 2.45) is 0 Å². The van der Waals surface area contributed by atoms with E-state index in [4.69, 9.17) is 4.74 Å². The molecule has 0 radical (unpaired) electrons. The minimum atomic E-state index is -0.524. The van der Waals surface area contributed by atoms with Crippen LogP contribution in [0.4, 0.5) is 11.4 Å². The number of aryl methyl sites for hydroxylation is 1. The van der Waals surface area contributed by atoms with Gasteiger partial charge in [-0.1, -0.05) is 4.49 Å². The van der Waals surface area contributed by atoms with E-state index in [0.717, 1.165) is 11.5 Å². The van der Waals surface area contributed by atoms with E-state index >= 15 is 0 Å². The van der Waals surface area contributed by atoms with Crippen molar-refractivity contribution in [2.45, 2.75) is 20.0 Å². The molecule has 1 aliphatic rings. The highest BCUT2D eigenvalue weighted by molar-refractivity contribution is 7.08. The van der Waals surface area contributed by atoms with Gasteiger partial charge in [-0.05, 0) is 43.6 Å². The maximum Gasteiger partial charge on any atom is 0.269 e. The summed E-state index contributed by atoms with van der Waals surface area (Å²) in [5.41, 5.74) is 1.68. The first kappa shape index (κ1) is 13.5. The first-order chi connectivity index (χ1) is 10.0. The zero-order valence-corrected chi connectivity index (χ0v) is 12.2. The van der Waals surface area contributed by atoms with Gasteiger partial charge in [0.2, 0.25) is 0 Å². The van der Waals surface area contributed by atoms with E-state index in [2.05, 4.69) is 20.2 Å². The molecule has 1 aromatic heterocycles. The molecule has 1 aromatic carbocycles. The third-order valence-corrected chi connectivity index (χ3v) is 3.85. The summed E-state index contributed by atoms with van der Waals surface area (Å²) in [6, 6.07) is 5.07. The molecule has 2 amide bonds. The molecule has 1 atom stereocenters. The summed E-state index contributed by atoms with van der Waals surface area (Å²) >= 11 is 1.04. The van der Waals surface area contributed by atoms with Crippen LogP contribution >= 0.6 is 11.5 Å². The number of fused-ring (bicyclic) bond motifs is 1. The molecule has 2 N–H and O–H groups in total. The van der Waals surface area contributed by atoms with Gasteiger partial charge in [0.15, 0.2) is 6.10 Å². The van der Waals surface area contributed by atoms with Crippen LogP contribution in [0.2, 0.25) is 0 Å². The van der Waals surface area contributed by atoms with E-state index in [0.29, 0.717) is 27.7 Å². The van der Waals surface area contributed by atoms with Crippen molar-refractivity contribution in [3.63, 3.8) is 0 Å². The Hall–Kier alpha value is -2.48. The van der Waals surface area contributed by atoms with Crippen molar-refractivity contribution in [2.75, 3.05) is 10.6 Å². The molecule has 0 saturated heterocycles. The number of hydrogen-bond donors (Lipinski definition) is 2. The molecule has 0 aliphatic carbocycles. The molecule has 0 fully saturated rings. The van der Waals surface area contributed by atoms with Gasteiger partial charge < -0.3 is 15.4 Å². The second-order valence-electron chi connectivity index (χ2n) is 4.60. The minimum Gasteiger partial charge on any atom is -0.479 e. The number of ether oxygens (including phenoxy) is 1. The number of aromatic nitrogens is 2. The van der Waals surface area contributed by atoms with Crippen molar-refractivity contribution in [1.82, 2.24) is 9.59 Å². The Kier molecular flexibility index (Phi) is 3.30. The van der Waals surface area contributed by atoms with Crippen LogP contribution in [-0.4, -0.2) is 27.5 Å². The highest BCUT2D eigenvalue weighted by Gasteiger charge is 2.24. The lowest BCUT2D eigenvalue weighted by atomic mass is 10.2. The van der Waals surface area contributed by atoms with Crippen LogP contribution in [0.25, 0.3) is 0 Å². The van der Waals surface area contributed by atoms with Crippen molar-refractivity contribution < 1.29 is 14.3 Å². The highest BCUT2D eigenvalue weighted by atomic mass is 32.1. The maximum atomic E-state index is 12.1. The number of rotatable bonds is 2. The van der Waals surface area contributed by atoms with Gasteiger partial charge in [0, 0.05) is 5.69 Å². The van der Waals surface area contributed by atoms with Gasteiger partial charge in [-0.15, -0.1) is 5.10 Å². The number of carbonyl (C=O) groups excluding carboxylic acids is 2. The topological polar surface area (TPSA) is 93.2 Å². The van der Waals surface area contributed by atoms with E-state index in [1.807, 2.05) is 0 Å². The number of anilines is 2. The number of hydrogen-bond acceptors (Lipinski definition) is 6. The first-order valence-electron chi connectivity index (χ1n) is 6.26. The monoisotopic (exact) mass is 304 g/mol. The molecule has 2 heterocycles. The van der Waals surface area contributed by atoms with Crippen molar-refractivity contribution in [1.29, 1.82) is 0 Å². The fraction of sp³-hybridized carbons (Fsp3) is 0.231. The van der Waals surface area contributed by atoms with E-state index in [9.17, 15) is 9.59 Å². The molecule has 8 heteroatoms. The van der Waals surface area contributed by atoms with E-state index in [1.165, 1.54) is 0 Å². The fourth-order valence-electron chi connectivity index (χ4n) is 1.91. The van der Waals surface area contributed by atoms with Crippen molar-refractivity contribution >= 4 is 34.7 Å². The Balaban J connectivity index is 1.82. The summed E-state index contributed by atoms with van der Waals surface area (Å²) in [6.45, 7) is 3.40. The van der Waals surface area contributed by atoms with E-state index < -0.39 is 6.10 Å². The minimum absolute atomic E-state index is 0.214. The number of amides is 2. The van der Waals surface area contributed by atoms with Crippen LogP contribution in [-0.2, 0) is 4.79 Å². The molecule has 21 heavy (non-hydrogen) atoms. The summed E-state index contributed by atoms with van der Waals surface area (Å²) in [5.74, 6) is 0.0862. The normalized spacial score (nSPS) is 16.7. The zero-order chi connectivity index (χ0) is 15.0. The number of nitrogens with zero attached hydrogens (tertiary/aromatic N) is 2. The Labute approximate surface area is 124 Å². The van der Waals surface area contributed by atoms with Gasteiger partial charge in [0.05, 0.1) is 11.4 Å². The van der Waals surface area contributed by atoms with Gasteiger partial charge in [-0.2, -0.15) is 0 Å². The van der Waals surface area contributed by atoms with Gasteiger partial charge >= 0.3 is 0 Å². The van der Waals surface area contributed by atoms with Crippen LogP contribution in [0.1, 0.15) is 22.3 Å². The molecule has 0 unspecified atom stereocenters. The molecule has 108 valence electrons. The molecule has 0 saturated carbocycles. The number of benzene rings is 1. The molecule has 1 aliphatic heterocycles. The Morgan fingerprint density at radius 2 is 2.29 bits per heavy atom. The van der Waals surface area contributed by atoms with Gasteiger partial charge in [0.25, 0.3) is 11.8 Å². The van der Waals surface area contributed by atoms with E-state index in [1.54, 1.807) is 32.0 Å². The Morgan fingerprint density at radius 3 is 3.00 bits per heavy atom.